The number of piperidine rings is 1. The maximum atomic E-state index is 11.6. The Morgan fingerprint density at radius 3 is 2.43 bits per heavy atom. The Bertz CT molecular complexity index is 781. The lowest BCUT2D eigenvalue weighted by Crippen LogP contribution is -2.33. The predicted octanol–water partition coefficient (Wildman–Crippen LogP) is 5.79. The zero-order valence-electron chi connectivity index (χ0n) is 17.0. The minimum atomic E-state index is -0.251. The molecule has 1 fully saturated rings. The van der Waals surface area contributed by atoms with Gasteiger partial charge in [-0.2, -0.15) is 0 Å². The van der Waals surface area contributed by atoms with Crippen molar-refractivity contribution in [2.24, 2.45) is 5.92 Å². The zero-order valence-corrected chi connectivity index (χ0v) is 17.0. The van der Waals surface area contributed by atoms with Crippen molar-refractivity contribution in [3.8, 4) is 0 Å². The topological polar surface area (TPSA) is 58.4 Å². The molecule has 150 valence electrons. The van der Waals surface area contributed by atoms with Crippen molar-refractivity contribution in [3.05, 3.63) is 63.7 Å². The fourth-order valence-corrected chi connectivity index (χ4v) is 3.72. The van der Waals surface area contributed by atoms with Crippen molar-refractivity contribution in [1.82, 2.24) is 0 Å². The van der Waals surface area contributed by atoms with E-state index in [1.807, 2.05) is 12.1 Å². The van der Waals surface area contributed by atoms with E-state index < -0.39 is 0 Å². The van der Waals surface area contributed by atoms with Crippen LogP contribution in [0.25, 0.3) is 0 Å². The molecule has 0 spiro atoms. The van der Waals surface area contributed by atoms with Gasteiger partial charge in [-0.25, -0.2) is 0 Å². The van der Waals surface area contributed by atoms with Crippen LogP contribution in [0.2, 0.25) is 0 Å². The summed E-state index contributed by atoms with van der Waals surface area (Å²) in [5.41, 5.74) is 4.28. The van der Waals surface area contributed by atoms with Crippen LogP contribution < -0.4 is 10.2 Å². The van der Waals surface area contributed by atoms with Gasteiger partial charge in [-0.1, -0.05) is 38.5 Å². The molecule has 28 heavy (non-hydrogen) atoms. The summed E-state index contributed by atoms with van der Waals surface area (Å²) in [6.45, 7) is 6.81. The number of anilines is 2. The first kappa shape index (κ1) is 20.2. The molecule has 2 aromatic carbocycles. The molecule has 2 aromatic rings. The van der Waals surface area contributed by atoms with Crippen LogP contribution in [0.3, 0.4) is 0 Å². The summed E-state index contributed by atoms with van der Waals surface area (Å²) in [4.78, 5) is 13.5. The molecule has 1 aliphatic rings. The number of rotatable bonds is 8. The number of nitro groups is 1. The van der Waals surface area contributed by atoms with Gasteiger partial charge in [0.05, 0.1) is 4.92 Å². The summed E-state index contributed by atoms with van der Waals surface area (Å²) in [7, 11) is 0. The molecule has 0 radical (unpaired) electrons. The average Bonchev–Trinajstić information content (AvgIpc) is 2.72. The van der Waals surface area contributed by atoms with Crippen LogP contribution in [0.4, 0.5) is 17.1 Å². The maximum absolute atomic E-state index is 11.6. The highest BCUT2D eigenvalue weighted by atomic mass is 16.6. The van der Waals surface area contributed by atoms with Crippen molar-refractivity contribution in [2.75, 3.05) is 23.3 Å². The second kappa shape index (κ2) is 9.58. The summed E-state index contributed by atoms with van der Waals surface area (Å²) in [6.07, 6.45) is 5.70. The molecule has 5 nitrogen and oxygen atoms in total. The van der Waals surface area contributed by atoms with Crippen LogP contribution in [-0.2, 0) is 13.0 Å². The Morgan fingerprint density at radius 2 is 1.79 bits per heavy atom. The summed E-state index contributed by atoms with van der Waals surface area (Å²) < 4.78 is 0. The van der Waals surface area contributed by atoms with Crippen LogP contribution in [0, 0.1) is 16.0 Å². The van der Waals surface area contributed by atoms with Crippen molar-refractivity contribution >= 4 is 17.1 Å². The smallest absolute Gasteiger partial charge is 0.292 e. The number of nitro benzene ring substituents is 1. The molecule has 1 aliphatic heterocycles. The van der Waals surface area contributed by atoms with Crippen LogP contribution in [0.1, 0.15) is 50.7 Å². The Balaban J connectivity index is 1.66. The second-order valence-electron chi connectivity index (χ2n) is 7.90. The third-order valence-electron chi connectivity index (χ3n) is 5.63. The number of hydrogen-bond acceptors (Lipinski definition) is 4. The quantitative estimate of drug-likeness (QED) is 0.465. The van der Waals surface area contributed by atoms with E-state index >= 15 is 0 Å². The number of nitrogens with zero attached hydrogens (tertiary/aromatic N) is 2. The van der Waals surface area contributed by atoms with Gasteiger partial charge in [0.15, 0.2) is 0 Å². The van der Waals surface area contributed by atoms with Gasteiger partial charge in [0.1, 0.15) is 5.69 Å². The number of benzene rings is 2. The normalized spacial score (nSPS) is 14.9. The molecule has 0 aromatic heterocycles. The van der Waals surface area contributed by atoms with E-state index in [0.29, 0.717) is 12.5 Å². The molecule has 0 unspecified atom stereocenters. The molecule has 0 amide bonds. The largest absolute Gasteiger partial charge is 0.381 e. The van der Waals surface area contributed by atoms with Crippen molar-refractivity contribution in [3.63, 3.8) is 0 Å². The fourth-order valence-electron chi connectivity index (χ4n) is 3.72. The molecule has 0 aliphatic carbocycles. The number of nitrogens with one attached hydrogen (secondary N) is 1. The number of unbranched alkanes of at least 4 members (excludes halogenated alkanes) is 1. The van der Waals surface area contributed by atoms with E-state index in [-0.39, 0.29) is 10.6 Å². The van der Waals surface area contributed by atoms with Crippen LogP contribution in [0.5, 0.6) is 0 Å². The van der Waals surface area contributed by atoms with Gasteiger partial charge < -0.3 is 10.2 Å². The third-order valence-corrected chi connectivity index (χ3v) is 5.63. The van der Waals surface area contributed by atoms with Crippen molar-refractivity contribution in [1.29, 1.82) is 0 Å². The van der Waals surface area contributed by atoms with Gasteiger partial charge >= 0.3 is 0 Å². The zero-order chi connectivity index (χ0) is 19.9. The van der Waals surface area contributed by atoms with Crippen LogP contribution in [-0.4, -0.2) is 18.0 Å². The molecular formula is C23H31N3O2. The molecule has 5 heteroatoms. The summed E-state index contributed by atoms with van der Waals surface area (Å²) in [5.74, 6) is 0.701. The monoisotopic (exact) mass is 381 g/mol. The molecule has 0 atom stereocenters. The first-order chi connectivity index (χ1) is 13.6. The van der Waals surface area contributed by atoms with Gasteiger partial charge in [0.2, 0.25) is 0 Å². The van der Waals surface area contributed by atoms with Crippen LogP contribution >= 0.6 is 0 Å². The molecule has 3 rings (SSSR count). The summed E-state index contributed by atoms with van der Waals surface area (Å²) in [5, 5.41) is 15.0. The molecule has 1 heterocycles. The SMILES string of the molecule is CCCCc1ccc(NCc2ccc(N3CCC(C)CC3)c([N+](=O)[O-])c2)cc1. The standard InChI is InChI=1S/C23H31N3O2/c1-3-4-5-19-6-9-21(10-7-19)24-17-20-8-11-22(23(16-20)26(27)28)25-14-12-18(2)13-15-25/h6-11,16,18,24H,3-5,12-15,17H2,1-2H3. The van der Waals surface area contributed by atoms with E-state index in [9.17, 15) is 10.1 Å². The summed E-state index contributed by atoms with van der Waals surface area (Å²) in [6, 6.07) is 14.1. The molecule has 0 saturated carbocycles. The van der Waals surface area contributed by atoms with Gasteiger partial charge in [-0.3, -0.25) is 10.1 Å². The minimum Gasteiger partial charge on any atom is -0.381 e. The third kappa shape index (κ3) is 5.24. The van der Waals surface area contributed by atoms with E-state index in [1.54, 1.807) is 6.07 Å². The Labute approximate surface area is 167 Å². The molecule has 1 saturated heterocycles. The van der Waals surface area contributed by atoms with Gasteiger partial charge in [0.25, 0.3) is 5.69 Å². The lowest BCUT2D eigenvalue weighted by atomic mass is 9.98. The van der Waals surface area contributed by atoms with Crippen LogP contribution in [0.15, 0.2) is 42.5 Å². The Kier molecular flexibility index (Phi) is 6.90. The van der Waals surface area contributed by atoms with Crippen molar-refractivity contribution in [2.45, 2.75) is 52.5 Å². The first-order valence-corrected chi connectivity index (χ1v) is 10.4. The first-order valence-electron chi connectivity index (χ1n) is 10.4. The van der Waals surface area contributed by atoms with E-state index in [4.69, 9.17) is 0 Å². The number of hydrogen-bond donors (Lipinski definition) is 1. The highest BCUT2D eigenvalue weighted by Gasteiger charge is 2.23. The van der Waals surface area contributed by atoms with E-state index in [0.717, 1.165) is 49.3 Å². The fraction of sp³-hybridized carbons (Fsp3) is 0.478. The minimum absolute atomic E-state index is 0.212. The highest BCUT2D eigenvalue weighted by Crippen LogP contribution is 2.32. The summed E-state index contributed by atoms with van der Waals surface area (Å²) >= 11 is 0. The predicted molar refractivity (Wildman–Crippen MR) is 116 cm³/mol. The lowest BCUT2D eigenvalue weighted by molar-refractivity contribution is -0.384. The van der Waals surface area contributed by atoms with Gasteiger partial charge in [-0.15, -0.1) is 0 Å². The Morgan fingerprint density at radius 1 is 1.11 bits per heavy atom. The lowest BCUT2D eigenvalue weighted by Gasteiger charge is -2.31. The van der Waals surface area contributed by atoms with Gasteiger partial charge in [0, 0.05) is 31.4 Å². The highest BCUT2D eigenvalue weighted by molar-refractivity contribution is 5.65. The Hall–Kier alpha value is -2.56. The van der Waals surface area contributed by atoms with E-state index in [2.05, 4.69) is 48.3 Å². The molecule has 0 bridgehead atoms. The molecule has 1 N–H and O–H groups in total. The molecular weight excluding hydrogens is 350 g/mol. The number of aryl methyl sites for hydroxylation is 1. The second-order valence-corrected chi connectivity index (χ2v) is 7.90. The van der Waals surface area contributed by atoms with Crippen molar-refractivity contribution < 1.29 is 4.92 Å². The average molecular weight is 382 g/mol. The maximum Gasteiger partial charge on any atom is 0.292 e. The van der Waals surface area contributed by atoms with E-state index in [1.165, 1.54) is 18.4 Å². The van der Waals surface area contributed by atoms with Gasteiger partial charge in [-0.05, 0) is 60.9 Å².